The first-order valence-corrected chi connectivity index (χ1v) is 12.1. The third-order valence-electron chi connectivity index (χ3n) is 5.32. The molecule has 1 aliphatic heterocycles. The van der Waals surface area contributed by atoms with E-state index < -0.39 is 21.7 Å². The van der Waals surface area contributed by atoms with E-state index in [0.29, 0.717) is 17.0 Å². The lowest BCUT2D eigenvalue weighted by Crippen LogP contribution is -2.22. The molecule has 3 aromatic rings. The summed E-state index contributed by atoms with van der Waals surface area (Å²) >= 11 is 0. The standard InChI is InChI=1S/C24H24FN3O4S/c25-21-6-3-7-22(28-14-1-2-15-28)24(21)27-23(29)13-10-18-8-11-20(12-9-18)33(30,31)26-17-19-5-4-16-32-19/h3-13,16,26H,1-2,14-15,17H2,(H,27,29)/b13-10+. The molecule has 33 heavy (non-hydrogen) atoms. The van der Waals surface area contributed by atoms with Gasteiger partial charge in [-0.3, -0.25) is 4.79 Å². The summed E-state index contributed by atoms with van der Waals surface area (Å²) in [7, 11) is -3.70. The molecule has 0 aliphatic carbocycles. The fourth-order valence-electron chi connectivity index (χ4n) is 3.62. The van der Waals surface area contributed by atoms with Crippen LogP contribution >= 0.6 is 0 Å². The number of benzene rings is 2. The van der Waals surface area contributed by atoms with Crippen LogP contribution < -0.4 is 14.9 Å². The summed E-state index contributed by atoms with van der Waals surface area (Å²) in [4.78, 5) is 14.6. The number of furan rings is 1. The van der Waals surface area contributed by atoms with Crippen molar-refractivity contribution in [3.8, 4) is 0 Å². The summed E-state index contributed by atoms with van der Waals surface area (Å²) in [5, 5.41) is 2.63. The van der Waals surface area contributed by atoms with Crippen molar-refractivity contribution in [2.75, 3.05) is 23.3 Å². The lowest BCUT2D eigenvalue weighted by molar-refractivity contribution is -0.111. The Bertz CT molecular complexity index is 1230. The van der Waals surface area contributed by atoms with Gasteiger partial charge in [0.2, 0.25) is 15.9 Å². The predicted octanol–water partition coefficient (Wildman–Crippen LogP) is 4.15. The molecule has 2 heterocycles. The Kier molecular flexibility index (Phi) is 6.90. The first-order valence-electron chi connectivity index (χ1n) is 10.6. The molecule has 2 aromatic carbocycles. The minimum Gasteiger partial charge on any atom is -0.468 e. The summed E-state index contributed by atoms with van der Waals surface area (Å²) in [6.45, 7) is 1.70. The number of halogens is 1. The van der Waals surface area contributed by atoms with Gasteiger partial charge in [-0.15, -0.1) is 0 Å². The van der Waals surface area contributed by atoms with Crippen LogP contribution in [0, 0.1) is 5.82 Å². The average Bonchev–Trinajstić information content (AvgIpc) is 3.52. The first kappa shape index (κ1) is 22.8. The SMILES string of the molecule is O=C(/C=C/c1ccc(S(=O)(=O)NCc2ccco2)cc1)Nc1c(F)cccc1N1CCCC1. The van der Waals surface area contributed by atoms with Crippen molar-refractivity contribution >= 4 is 33.4 Å². The van der Waals surface area contributed by atoms with E-state index in [1.807, 2.05) is 0 Å². The quantitative estimate of drug-likeness (QED) is 0.484. The van der Waals surface area contributed by atoms with Crippen LogP contribution in [0.4, 0.5) is 15.8 Å². The van der Waals surface area contributed by atoms with E-state index in [0.717, 1.165) is 25.9 Å². The number of carbonyl (C=O) groups excluding carboxylic acids is 1. The molecule has 0 bridgehead atoms. The molecule has 9 heteroatoms. The van der Waals surface area contributed by atoms with E-state index in [9.17, 15) is 17.6 Å². The summed E-state index contributed by atoms with van der Waals surface area (Å²) in [5.41, 5.74) is 1.47. The molecule has 1 aliphatic rings. The van der Waals surface area contributed by atoms with Crippen LogP contribution in [0.5, 0.6) is 0 Å². The van der Waals surface area contributed by atoms with Gasteiger partial charge in [-0.25, -0.2) is 17.5 Å². The van der Waals surface area contributed by atoms with E-state index in [2.05, 4.69) is 14.9 Å². The van der Waals surface area contributed by atoms with E-state index in [1.165, 1.54) is 30.5 Å². The monoisotopic (exact) mass is 469 g/mol. The maximum absolute atomic E-state index is 14.4. The van der Waals surface area contributed by atoms with Gasteiger partial charge >= 0.3 is 0 Å². The molecule has 1 saturated heterocycles. The average molecular weight is 470 g/mol. The minimum atomic E-state index is -3.70. The Hall–Kier alpha value is -3.43. The molecule has 4 rings (SSSR count). The number of hydrogen-bond donors (Lipinski definition) is 2. The Balaban J connectivity index is 1.40. The van der Waals surface area contributed by atoms with E-state index in [4.69, 9.17) is 4.42 Å². The number of nitrogens with zero attached hydrogens (tertiary/aromatic N) is 1. The van der Waals surface area contributed by atoms with Crippen molar-refractivity contribution in [3.05, 3.63) is 84.1 Å². The number of nitrogens with one attached hydrogen (secondary N) is 2. The molecule has 0 radical (unpaired) electrons. The van der Waals surface area contributed by atoms with Crippen LogP contribution in [0.2, 0.25) is 0 Å². The van der Waals surface area contributed by atoms with Crippen LogP contribution in [0.3, 0.4) is 0 Å². The number of sulfonamides is 1. The lowest BCUT2D eigenvalue weighted by atomic mass is 10.2. The minimum absolute atomic E-state index is 0.0482. The van der Waals surface area contributed by atoms with Crippen molar-refractivity contribution in [2.45, 2.75) is 24.3 Å². The van der Waals surface area contributed by atoms with Crippen molar-refractivity contribution in [1.29, 1.82) is 0 Å². The fourth-order valence-corrected chi connectivity index (χ4v) is 4.61. The number of hydrogen-bond acceptors (Lipinski definition) is 5. The van der Waals surface area contributed by atoms with Gasteiger partial charge in [-0.2, -0.15) is 0 Å². The Labute approximate surface area is 192 Å². The fraction of sp³-hybridized carbons (Fsp3) is 0.208. The van der Waals surface area contributed by atoms with Gasteiger partial charge in [0.15, 0.2) is 0 Å². The third kappa shape index (κ3) is 5.68. The number of rotatable bonds is 8. The summed E-state index contributed by atoms with van der Waals surface area (Å²) in [6, 6.07) is 14.2. The number of amides is 1. The van der Waals surface area contributed by atoms with Crippen LogP contribution in [0.15, 0.2) is 76.2 Å². The molecule has 7 nitrogen and oxygen atoms in total. The van der Waals surface area contributed by atoms with Crippen LogP contribution in [-0.4, -0.2) is 27.4 Å². The van der Waals surface area contributed by atoms with Crippen molar-refractivity contribution < 1.29 is 22.0 Å². The molecule has 0 saturated carbocycles. The highest BCUT2D eigenvalue weighted by Gasteiger charge is 2.19. The van der Waals surface area contributed by atoms with Gasteiger partial charge in [0.05, 0.1) is 23.4 Å². The highest BCUT2D eigenvalue weighted by molar-refractivity contribution is 7.89. The topological polar surface area (TPSA) is 91.6 Å². The molecule has 172 valence electrons. The molecule has 1 amide bonds. The molecule has 1 fully saturated rings. The Morgan fingerprint density at radius 2 is 1.82 bits per heavy atom. The summed E-state index contributed by atoms with van der Waals surface area (Å²) < 4.78 is 46.8. The zero-order valence-corrected chi connectivity index (χ0v) is 18.6. The van der Waals surface area contributed by atoms with Crippen LogP contribution in [-0.2, 0) is 21.4 Å². The molecule has 2 N–H and O–H groups in total. The molecule has 1 aromatic heterocycles. The second-order valence-electron chi connectivity index (χ2n) is 7.62. The number of carbonyl (C=O) groups is 1. The highest BCUT2D eigenvalue weighted by atomic mass is 32.2. The summed E-state index contributed by atoms with van der Waals surface area (Å²) in [6.07, 6.45) is 6.37. The van der Waals surface area contributed by atoms with E-state index in [-0.39, 0.29) is 17.1 Å². The zero-order chi connectivity index (χ0) is 23.3. The van der Waals surface area contributed by atoms with Crippen LogP contribution in [0.25, 0.3) is 6.08 Å². The van der Waals surface area contributed by atoms with Gasteiger partial charge in [-0.1, -0.05) is 18.2 Å². The van der Waals surface area contributed by atoms with Gasteiger partial charge < -0.3 is 14.6 Å². The van der Waals surface area contributed by atoms with Gasteiger partial charge in [-0.05, 0) is 60.9 Å². The van der Waals surface area contributed by atoms with E-state index in [1.54, 1.807) is 42.5 Å². The van der Waals surface area contributed by atoms with Gasteiger partial charge in [0.1, 0.15) is 17.3 Å². The normalized spacial score (nSPS) is 14.2. The van der Waals surface area contributed by atoms with Crippen molar-refractivity contribution in [2.24, 2.45) is 0 Å². The maximum Gasteiger partial charge on any atom is 0.248 e. The first-order chi connectivity index (χ1) is 15.9. The third-order valence-corrected chi connectivity index (χ3v) is 6.74. The smallest absolute Gasteiger partial charge is 0.248 e. The van der Waals surface area contributed by atoms with Crippen molar-refractivity contribution in [1.82, 2.24) is 4.72 Å². The largest absolute Gasteiger partial charge is 0.468 e. The number of anilines is 2. The van der Waals surface area contributed by atoms with Crippen molar-refractivity contribution in [3.63, 3.8) is 0 Å². The molecule has 0 atom stereocenters. The zero-order valence-electron chi connectivity index (χ0n) is 17.8. The second kappa shape index (κ2) is 10.0. The molecule has 0 spiro atoms. The highest BCUT2D eigenvalue weighted by Crippen LogP contribution is 2.31. The van der Waals surface area contributed by atoms with Gasteiger partial charge in [0.25, 0.3) is 0 Å². The molecule has 0 unspecified atom stereocenters. The van der Waals surface area contributed by atoms with Gasteiger partial charge in [0, 0.05) is 19.2 Å². The summed E-state index contributed by atoms with van der Waals surface area (Å²) in [5.74, 6) is -0.456. The van der Waals surface area contributed by atoms with Crippen LogP contribution in [0.1, 0.15) is 24.2 Å². The number of para-hydroxylation sites is 1. The molecular weight excluding hydrogens is 445 g/mol. The second-order valence-corrected chi connectivity index (χ2v) is 9.39. The Morgan fingerprint density at radius 3 is 2.52 bits per heavy atom. The van der Waals surface area contributed by atoms with E-state index >= 15 is 0 Å². The lowest BCUT2D eigenvalue weighted by Gasteiger charge is -2.21. The predicted molar refractivity (Wildman–Crippen MR) is 125 cm³/mol. The maximum atomic E-state index is 14.4. The Morgan fingerprint density at radius 1 is 1.06 bits per heavy atom. The molecular formula is C24H24FN3O4S.